The van der Waals surface area contributed by atoms with Crippen molar-refractivity contribution in [2.75, 3.05) is 19.6 Å². The molecule has 1 aliphatic carbocycles. The Morgan fingerprint density at radius 2 is 1.89 bits per heavy atom. The predicted molar refractivity (Wildman–Crippen MR) is 75.6 cm³/mol. The smallest absolute Gasteiger partial charge is 0.0333 e. The van der Waals surface area contributed by atoms with Crippen molar-refractivity contribution in [1.29, 1.82) is 0 Å². The van der Waals surface area contributed by atoms with Gasteiger partial charge in [-0.2, -0.15) is 0 Å². The maximum atomic E-state index is 6.16. The normalized spacial score (nSPS) is 38.8. The van der Waals surface area contributed by atoms with Crippen LogP contribution in [0.4, 0.5) is 0 Å². The Bertz CT molecular complexity index is 275. The molecule has 0 bridgehead atoms. The summed E-state index contributed by atoms with van der Waals surface area (Å²) in [5.74, 6) is 0. The Morgan fingerprint density at radius 3 is 2.67 bits per heavy atom. The van der Waals surface area contributed by atoms with Crippen LogP contribution in [0.15, 0.2) is 0 Å². The van der Waals surface area contributed by atoms with Gasteiger partial charge in [0.2, 0.25) is 0 Å². The van der Waals surface area contributed by atoms with Crippen molar-refractivity contribution in [2.24, 2.45) is 5.73 Å². The highest BCUT2D eigenvalue weighted by atomic mass is 15.2. The molecule has 2 saturated heterocycles. The highest BCUT2D eigenvalue weighted by molar-refractivity contribution is 5.01. The predicted octanol–water partition coefficient (Wildman–Crippen LogP) is 1.86. The molecule has 3 nitrogen and oxygen atoms in total. The van der Waals surface area contributed by atoms with Crippen molar-refractivity contribution in [3.05, 3.63) is 0 Å². The second kappa shape index (κ2) is 5.48. The van der Waals surface area contributed by atoms with E-state index in [-0.39, 0.29) is 5.54 Å². The summed E-state index contributed by atoms with van der Waals surface area (Å²) in [5, 5.41) is 3.98. The number of fused-ring (bicyclic) bond motifs is 1. The van der Waals surface area contributed by atoms with Crippen molar-refractivity contribution >= 4 is 0 Å². The maximum Gasteiger partial charge on any atom is 0.0333 e. The van der Waals surface area contributed by atoms with Crippen LogP contribution in [-0.2, 0) is 0 Å². The molecule has 3 fully saturated rings. The molecule has 0 aromatic carbocycles. The minimum absolute atomic E-state index is 0.257. The lowest BCUT2D eigenvalue weighted by molar-refractivity contribution is 0.0964. The molecule has 2 atom stereocenters. The second-order valence-electron chi connectivity index (χ2n) is 6.75. The Morgan fingerprint density at radius 1 is 1.06 bits per heavy atom. The highest BCUT2D eigenvalue weighted by Crippen LogP contribution is 2.34. The van der Waals surface area contributed by atoms with Crippen LogP contribution in [0.2, 0.25) is 0 Å². The highest BCUT2D eigenvalue weighted by Gasteiger charge is 2.41. The second-order valence-corrected chi connectivity index (χ2v) is 6.75. The molecule has 0 radical (unpaired) electrons. The summed E-state index contributed by atoms with van der Waals surface area (Å²) in [6.07, 6.45) is 12.3. The van der Waals surface area contributed by atoms with Gasteiger partial charge in [0.15, 0.2) is 0 Å². The average molecular weight is 251 g/mol. The molecule has 0 amide bonds. The van der Waals surface area contributed by atoms with Gasteiger partial charge in [-0.1, -0.05) is 19.3 Å². The summed E-state index contributed by atoms with van der Waals surface area (Å²) in [7, 11) is 0. The number of nitrogens with two attached hydrogens (primary N) is 1. The molecule has 0 aromatic heterocycles. The van der Waals surface area contributed by atoms with Gasteiger partial charge in [0, 0.05) is 30.7 Å². The van der Waals surface area contributed by atoms with Crippen LogP contribution in [0.1, 0.15) is 57.8 Å². The van der Waals surface area contributed by atoms with Gasteiger partial charge >= 0.3 is 0 Å². The van der Waals surface area contributed by atoms with Crippen molar-refractivity contribution in [3.63, 3.8) is 0 Å². The lowest BCUT2D eigenvalue weighted by atomic mass is 9.81. The van der Waals surface area contributed by atoms with E-state index in [9.17, 15) is 0 Å². The minimum atomic E-state index is 0.257. The zero-order chi connectivity index (χ0) is 12.4. The largest absolute Gasteiger partial charge is 0.329 e. The Labute approximate surface area is 111 Å². The molecular weight excluding hydrogens is 222 g/mol. The van der Waals surface area contributed by atoms with Gasteiger partial charge in [-0.05, 0) is 45.1 Å². The molecule has 18 heavy (non-hydrogen) atoms. The third-order valence-electron chi connectivity index (χ3n) is 5.51. The summed E-state index contributed by atoms with van der Waals surface area (Å²) in [6.45, 7) is 3.42. The van der Waals surface area contributed by atoms with Crippen LogP contribution in [-0.4, -0.2) is 42.2 Å². The molecule has 1 saturated carbocycles. The molecular formula is C15H29N3. The van der Waals surface area contributed by atoms with Crippen molar-refractivity contribution in [2.45, 2.75) is 75.4 Å². The van der Waals surface area contributed by atoms with Gasteiger partial charge in [-0.15, -0.1) is 0 Å². The molecule has 3 aliphatic rings. The lowest BCUT2D eigenvalue weighted by Gasteiger charge is -2.46. The van der Waals surface area contributed by atoms with E-state index < -0.39 is 0 Å². The summed E-state index contributed by atoms with van der Waals surface area (Å²) in [6, 6.07) is 1.56. The summed E-state index contributed by atoms with van der Waals surface area (Å²) in [5.41, 5.74) is 6.41. The molecule has 0 spiro atoms. The fourth-order valence-electron chi connectivity index (χ4n) is 4.39. The number of nitrogens with one attached hydrogen (secondary N) is 1. The molecule has 2 aliphatic heterocycles. The van der Waals surface area contributed by atoms with E-state index in [2.05, 4.69) is 10.2 Å². The minimum Gasteiger partial charge on any atom is -0.329 e. The molecule has 2 heterocycles. The van der Waals surface area contributed by atoms with Gasteiger partial charge in [0.1, 0.15) is 0 Å². The third kappa shape index (κ3) is 2.59. The van der Waals surface area contributed by atoms with Crippen LogP contribution in [0.25, 0.3) is 0 Å². The van der Waals surface area contributed by atoms with E-state index >= 15 is 0 Å². The van der Waals surface area contributed by atoms with Crippen LogP contribution in [0.5, 0.6) is 0 Å². The van der Waals surface area contributed by atoms with Gasteiger partial charge in [0.25, 0.3) is 0 Å². The van der Waals surface area contributed by atoms with Crippen LogP contribution in [0, 0.1) is 0 Å². The van der Waals surface area contributed by atoms with E-state index in [1.165, 1.54) is 70.9 Å². The first-order valence-electron chi connectivity index (χ1n) is 8.03. The van der Waals surface area contributed by atoms with E-state index in [1.807, 2.05) is 0 Å². The topological polar surface area (TPSA) is 41.3 Å². The zero-order valence-electron chi connectivity index (χ0n) is 11.7. The fraction of sp³-hybridized carbons (Fsp3) is 1.00. The first kappa shape index (κ1) is 12.9. The van der Waals surface area contributed by atoms with E-state index in [0.717, 1.165) is 18.6 Å². The molecule has 3 rings (SSSR count). The first-order valence-corrected chi connectivity index (χ1v) is 8.03. The van der Waals surface area contributed by atoms with Crippen molar-refractivity contribution < 1.29 is 0 Å². The van der Waals surface area contributed by atoms with Crippen molar-refractivity contribution in [1.82, 2.24) is 10.2 Å². The van der Waals surface area contributed by atoms with Crippen molar-refractivity contribution in [3.8, 4) is 0 Å². The number of piperidine rings is 1. The average Bonchev–Trinajstić information content (AvgIpc) is 2.87. The van der Waals surface area contributed by atoms with E-state index in [0.29, 0.717) is 0 Å². The summed E-state index contributed by atoms with van der Waals surface area (Å²) >= 11 is 0. The van der Waals surface area contributed by atoms with E-state index in [4.69, 9.17) is 5.73 Å². The number of rotatable bonds is 3. The number of hydrogen-bond acceptors (Lipinski definition) is 3. The molecule has 0 aromatic rings. The summed E-state index contributed by atoms with van der Waals surface area (Å²) in [4.78, 5) is 2.69. The van der Waals surface area contributed by atoms with Crippen LogP contribution in [0.3, 0.4) is 0 Å². The first-order chi connectivity index (χ1) is 8.81. The molecule has 2 unspecified atom stereocenters. The van der Waals surface area contributed by atoms with Gasteiger partial charge in [-0.3, -0.25) is 0 Å². The number of nitrogens with zero attached hydrogens (tertiary/aromatic N) is 1. The molecule has 3 heteroatoms. The quantitative estimate of drug-likeness (QED) is 0.804. The Kier molecular flexibility index (Phi) is 3.92. The lowest BCUT2D eigenvalue weighted by Crippen LogP contribution is -2.62. The monoisotopic (exact) mass is 251 g/mol. The Balaban J connectivity index is 1.62. The molecule has 104 valence electrons. The summed E-state index contributed by atoms with van der Waals surface area (Å²) < 4.78 is 0. The van der Waals surface area contributed by atoms with E-state index in [1.54, 1.807) is 0 Å². The third-order valence-corrected chi connectivity index (χ3v) is 5.51. The Hall–Kier alpha value is -0.120. The van der Waals surface area contributed by atoms with Crippen LogP contribution >= 0.6 is 0 Å². The van der Waals surface area contributed by atoms with Gasteiger partial charge < -0.3 is 16.0 Å². The SMILES string of the molecule is NCC1(NC2CCCCC2)CCN2CCCC2C1. The van der Waals surface area contributed by atoms with Gasteiger partial charge in [0.05, 0.1) is 0 Å². The maximum absolute atomic E-state index is 6.16. The standard InChI is InChI=1S/C15H29N3/c16-12-15(17-13-5-2-1-3-6-13)8-10-18-9-4-7-14(18)11-15/h13-14,17H,1-12,16H2. The van der Waals surface area contributed by atoms with Crippen LogP contribution < -0.4 is 11.1 Å². The molecule has 3 N–H and O–H groups in total. The fourth-order valence-corrected chi connectivity index (χ4v) is 4.39. The zero-order valence-corrected chi connectivity index (χ0v) is 11.7. The number of hydrogen-bond donors (Lipinski definition) is 2. The van der Waals surface area contributed by atoms with Gasteiger partial charge in [-0.25, -0.2) is 0 Å².